The molecule has 0 atom stereocenters. The largest absolute Gasteiger partial charge is 0.487 e. The molecule has 0 aliphatic heterocycles. The number of ether oxygens (including phenoxy) is 1. The zero-order chi connectivity index (χ0) is 28.4. The molecule has 3 aromatic carbocycles. The molecule has 4 aromatic rings. The minimum atomic E-state index is -4.26. The first kappa shape index (κ1) is 28.8. The van der Waals surface area contributed by atoms with E-state index in [4.69, 9.17) is 16.3 Å². The normalized spacial score (nSPS) is 12.4. The van der Waals surface area contributed by atoms with Crippen molar-refractivity contribution >= 4 is 32.5 Å². The summed E-state index contributed by atoms with van der Waals surface area (Å²) in [5.74, 6) is -5.66. The number of hydrogen-bond donors (Lipinski definition) is 1. The number of aromatic nitrogens is 1. The van der Waals surface area contributed by atoms with Gasteiger partial charge in [0, 0.05) is 23.6 Å². The van der Waals surface area contributed by atoms with E-state index in [9.17, 15) is 34.8 Å². The highest BCUT2D eigenvalue weighted by Gasteiger charge is 2.41. The Morgan fingerprint density at radius 3 is 2.51 bits per heavy atom. The van der Waals surface area contributed by atoms with E-state index in [0.717, 1.165) is 28.2 Å². The summed E-state index contributed by atoms with van der Waals surface area (Å²) in [6.45, 7) is -0.592. The lowest BCUT2D eigenvalue weighted by molar-refractivity contribution is -0.670. The minimum absolute atomic E-state index is 0.0254. The monoisotopic (exact) mass is 591 g/mol. The standard InChI is InChI=1S/C26H21ClF6N2O3S/c27-22-12-20(5-7-23(22)29)39(36,37)35-14-17(21-6-4-18(28)11-24(21)35)8-9-34-13-16-2-1-3-19(10-16)38-15-26(32,33)25(30)31/h1-7,10-12,14,25,34H,8-9,13,15H2/p+1. The second-order valence-corrected chi connectivity index (χ2v) is 10.9. The van der Waals surface area contributed by atoms with Gasteiger partial charge >= 0.3 is 12.3 Å². The van der Waals surface area contributed by atoms with Gasteiger partial charge in [0.25, 0.3) is 10.0 Å². The molecule has 1 heterocycles. The summed E-state index contributed by atoms with van der Waals surface area (Å²) < 4.78 is 111. The molecular formula is C26H22ClF6N2O3S+. The molecular weight excluding hydrogens is 570 g/mol. The van der Waals surface area contributed by atoms with E-state index >= 15 is 0 Å². The van der Waals surface area contributed by atoms with Crippen LogP contribution in [0.1, 0.15) is 11.1 Å². The summed E-state index contributed by atoms with van der Waals surface area (Å²) in [4.78, 5) is -0.262. The molecule has 0 unspecified atom stereocenters. The lowest BCUT2D eigenvalue weighted by atomic mass is 10.1. The summed E-state index contributed by atoms with van der Waals surface area (Å²) in [6, 6.07) is 12.9. The molecule has 0 fully saturated rings. The van der Waals surface area contributed by atoms with E-state index in [-0.39, 0.29) is 21.2 Å². The van der Waals surface area contributed by atoms with Crippen molar-refractivity contribution in [3.05, 3.63) is 94.6 Å². The van der Waals surface area contributed by atoms with Crippen LogP contribution in [0, 0.1) is 11.6 Å². The van der Waals surface area contributed by atoms with Crippen LogP contribution in [0.3, 0.4) is 0 Å². The third kappa shape index (κ3) is 6.51. The Morgan fingerprint density at radius 1 is 1.03 bits per heavy atom. The van der Waals surface area contributed by atoms with Gasteiger partial charge in [-0.15, -0.1) is 0 Å². The molecule has 208 valence electrons. The summed E-state index contributed by atoms with van der Waals surface area (Å²) in [5, 5.41) is 2.01. The SMILES string of the molecule is O=S(=O)(c1ccc(F)c(Cl)c1)n1cc(CC[NH2+]Cc2cccc(OCC(F)(F)C(F)F)c2)c2ccc(F)cc21. The number of rotatable bonds is 11. The van der Waals surface area contributed by atoms with Crippen LogP contribution in [0.25, 0.3) is 10.9 Å². The number of fused-ring (bicyclic) bond motifs is 1. The number of benzene rings is 3. The fourth-order valence-corrected chi connectivity index (χ4v) is 5.57. The van der Waals surface area contributed by atoms with Crippen molar-refractivity contribution in [3.8, 4) is 5.75 Å². The molecule has 0 aliphatic rings. The third-order valence-corrected chi connectivity index (χ3v) is 7.87. The van der Waals surface area contributed by atoms with Crippen LogP contribution < -0.4 is 10.1 Å². The van der Waals surface area contributed by atoms with Gasteiger partial charge in [-0.05, 0) is 54.1 Å². The van der Waals surface area contributed by atoms with Gasteiger partial charge < -0.3 is 10.1 Å². The first-order valence-electron chi connectivity index (χ1n) is 11.6. The van der Waals surface area contributed by atoms with Crippen LogP contribution in [-0.2, 0) is 23.0 Å². The molecule has 4 rings (SSSR count). The summed E-state index contributed by atoms with van der Waals surface area (Å²) in [6.07, 6.45) is -2.08. The third-order valence-electron chi connectivity index (χ3n) is 5.91. The minimum Gasteiger partial charge on any atom is -0.487 e. The Balaban J connectivity index is 1.47. The molecule has 0 saturated heterocycles. The van der Waals surface area contributed by atoms with Gasteiger partial charge in [0.2, 0.25) is 0 Å². The van der Waals surface area contributed by atoms with Crippen molar-refractivity contribution in [1.82, 2.24) is 3.97 Å². The van der Waals surface area contributed by atoms with Gasteiger partial charge in [0.1, 0.15) is 23.9 Å². The van der Waals surface area contributed by atoms with Crippen LogP contribution in [0.15, 0.2) is 71.8 Å². The van der Waals surface area contributed by atoms with Crippen molar-refractivity contribution in [2.45, 2.75) is 30.2 Å². The number of hydrogen-bond acceptors (Lipinski definition) is 3. The Kier molecular flexibility index (Phi) is 8.48. The Hall–Kier alpha value is -3.22. The second kappa shape index (κ2) is 11.5. The average Bonchev–Trinajstić information content (AvgIpc) is 3.25. The summed E-state index contributed by atoms with van der Waals surface area (Å²) in [5.41, 5.74) is 1.41. The zero-order valence-corrected chi connectivity index (χ0v) is 21.6. The van der Waals surface area contributed by atoms with Crippen molar-refractivity contribution in [3.63, 3.8) is 0 Å². The molecule has 0 bridgehead atoms. The van der Waals surface area contributed by atoms with Gasteiger partial charge in [-0.25, -0.2) is 30.0 Å². The molecule has 1 aromatic heterocycles. The van der Waals surface area contributed by atoms with Crippen LogP contribution in [0.2, 0.25) is 5.02 Å². The van der Waals surface area contributed by atoms with Gasteiger partial charge in [-0.2, -0.15) is 8.78 Å². The van der Waals surface area contributed by atoms with Gasteiger partial charge in [-0.3, -0.25) is 0 Å². The summed E-state index contributed by atoms with van der Waals surface area (Å²) in [7, 11) is -4.23. The number of nitrogens with two attached hydrogens (primary N) is 1. The Bertz CT molecular complexity index is 1590. The maximum Gasteiger partial charge on any atom is 0.340 e. The smallest absolute Gasteiger partial charge is 0.340 e. The lowest BCUT2D eigenvalue weighted by Crippen LogP contribution is -2.83. The highest BCUT2D eigenvalue weighted by molar-refractivity contribution is 7.90. The predicted molar refractivity (Wildman–Crippen MR) is 133 cm³/mol. The van der Waals surface area contributed by atoms with Gasteiger partial charge in [0.05, 0.1) is 22.0 Å². The van der Waals surface area contributed by atoms with E-state index < -0.39 is 40.6 Å². The number of nitrogens with zero attached hydrogens (tertiary/aromatic N) is 1. The first-order valence-corrected chi connectivity index (χ1v) is 13.4. The quantitative estimate of drug-likeness (QED) is 0.188. The molecule has 0 saturated carbocycles. The number of alkyl halides is 4. The van der Waals surface area contributed by atoms with Crippen LogP contribution in [0.5, 0.6) is 5.75 Å². The van der Waals surface area contributed by atoms with Crippen molar-refractivity contribution in [1.29, 1.82) is 0 Å². The van der Waals surface area contributed by atoms with Gasteiger partial charge in [0.15, 0.2) is 6.61 Å². The zero-order valence-electron chi connectivity index (χ0n) is 20.1. The van der Waals surface area contributed by atoms with Crippen molar-refractivity contribution < 1.29 is 44.8 Å². The van der Waals surface area contributed by atoms with E-state index in [2.05, 4.69) is 0 Å². The molecule has 0 spiro atoms. The number of halogens is 7. The lowest BCUT2D eigenvalue weighted by Gasteiger charge is -2.16. The fourth-order valence-electron chi connectivity index (χ4n) is 3.92. The maximum atomic E-state index is 14.0. The Morgan fingerprint density at radius 2 is 1.79 bits per heavy atom. The van der Waals surface area contributed by atoms with Crippen LogP contribution in [-0.4, -0.2) is 37.9 Å². The van der Waals surface area contributed by atoms with E-state index in [1.54, 1.807) is 12.1 Å². The van der Waals surface area contributed by atoms with E-state index in [1.165, 1.54) is 30.5 Å². The predicted octanol–water partition coefficient (Wildman–Crippen LogP) is 5.40. The maximum absolute atomic E-state index is 14.0. The molecule has 0 amide bonds. The topological polar surface area (TPSA) is 64.9 Å². The molecule has 13 heteroatoms. The van der Waals surface area contributed by atoms with E-state index in [0.29, 0.717) is 36.0 Å². The average molecular weight is 592 g/mol. The first-order chi connectivity index (χ1) is 18.4. The Labute approximate surface area is 225 Å². The molecule has 2 N–H and O–H groups in total. The van der Waals surface area contributed by atoms with Crippen LogP contribution in [0.4, 0.5) is 26.3 Å². The number of quaternary nitrogens is 1. The highest BCUT2D eigenvalue weighted by Crippen LogP contribution is 2.29. The summed E-state index contributed by atoms with van der Waals surface area (Å²) >= 11 is 5.77. The van der Waals surface area contributed by atoms with Crippen LogP contribution >= 0.6 is 11.6 Å². The molecule has 0 aliphatic carbocycles. The van der Waals surface area contributed by atoms with Crippen molar-refractivity contribution in [2.24, 2.45) is 0 Å². The molecule has 0 radical (unpaired) electrons. The molecule has 5 nitrogen and oxygen atoms in total. The second-order valence-electron chi connectivity index (χ2n) is 8.72. The van der Waals surface area contributed by atoms with Crippen molar-refractivity contribution in [2.75, 3.05) is 13.2 Å². The molecule has 39 heavy (non-hydrogen) atoms. The van der Waals surface area contributed by atoms with E-state index in [1.807, 2.05) is 5.32 Å². The highest BCUT2D eigenvalue weighted by atomic mass is 35.5. The fraction of sp³-hybridized carbons (Fsp3) is 0.231. The van der Waals surface area contributed by atoms with Gasteiger partial charge in [-0.1, -0.05) is 23.7 Å².